The Morgan fingerprint density at radius 1 is 1.27 bits per heavy atom. The van der Waals surface area contributed by atoms with E-state index in [4.69, 9.17) is 9.84 Å². The number of pyridine rings is 1. The number of piperazine rings is 1. The van der Waals surface area contributed by atoms with E-state index in [1.54, 1.807) is 29.2 Å². The molecule has 4 rings (SSSR count). The van der Waals surface area contributed by atoms with Crippen molar-refractivity contribution in [1.82, 2.24) is 14.8 Å². The van der Waals surface area contributed by atoms with Crippen LogP contribution in [0.25, 0.3) is 11.3 Å². The average molecular weight is 357 g/mol. The van der Waals surface area contributed by atoms with Gasteiger partial charge in [-0.3, -0.25) is 9.78 Å². The van der Waals surface area contributed by atoms with E-state index in [1.807, 2.05) is 0 Å². The number of hydrogen-bond acceptors (Lipinski definition) is 4. The van der Waals surface area contributed by atoms with Gasteiger partial charge in [-0.15, -0.1) is 0 Å². The summed E-state index contributed by atoms with van der Waals surface area (Å²) in [7, 11) is 0. The van der Waals surface area contributed by atoms with Crippen molar-refractivity contribution in [1.29, 1.82) is 0 Å². The monoisotopic (exact) mass is 357 g/mol. The summed E-state index contributed by atoms with van der Waals surface area (Å²) in [5.74, 6) is -0.325. The number of ether oxygens (including phenoxy) is 1. The van der Waals surface area contributed by atoms with E-state index >= 15 is 0 Å². The molecule has 3 heterocycles. The summed E-state index contributed by atoms with van der Waals surface area (Å²) in [5, 5.41) is 9.16. The van der Waals surface area contributed by atoms with E-state index in [0.29, 0.717) is 29.1 Å². The summed E-state index contributed by atoms with van der Waals surface area (Å²) in [6.07, 6.45) is 0.383. The van der Waals surface area contributed by atoms with Gasteiger partial charge >= 0.3 is 6.09 Å². The quantitative estimate of drug-likeness (QED) is 0.845. The van der Waals surface area contributed by atoms with Crippen molar-refractivity contribution in [2.75, 3.05) is 26.2 Å². The topological polar surface area (TPSA) is 83.0 Å². The minimum Gasteiger partial charge on any atom is -0.490 e. The average Bonchev–Trinajstić information content (AvgIpc) is 2.78. The van der Waals surface area contributed by atoms with Crippen LogP contribution in [0.1, 0.15) is 10.4 Å². The maximum Gasteiger partial charge on any atom is 0.407 e. The van der Waals surface area contributed by atoms with Crippen LogP contribution in [-0.4, -0.2) is 64.2 Å². The number of amides is 2. The number of fused-ring (bicyclic) bond motifs is 2. The fourth-order valence-electron chi connectivity index (χ4n) is 3.31. The summed E-state index contributed by atoms with van der Waals surface area (Å²) in [4.78, 5) is 31.1. The van der Waals surface area contributed by atoms with Gasteiger partial charge in [0, 0.05) is 37.5 Å². The highest BCUT2D eigenvalue weighted by Crippen LogP contribution is 2.31. The Balaban J connectivity index is 1.66. The minimum atomic E-state index is -1.01. The molecular formula is C18H16FN3O4. The normalized spacial score (nSPS) is 19.3. The highest BCUT2D eigenvalue weighted by Gasteiger charge is 2.37. The van der Waals surface area contributed by atoms with Crippen LogP contribution < -0.4 is 4.74 Å². The summed E-state index contributed by atoms with van der Waals surface area (Å²) < 4.78 is 19.8. The van der Waals surface area contributed by atoms with E-state index in [-0.39, 0.29) is 31.6 Å². The third-order valence-electron chi connectivity index (χ3n) is 4.69. The maximum absolute atomic E-state index is 14.0. The van der Waals surface area contributed by atoms with Crippen LogP contribution in [0, 0.1) is 5.82 Å². The first-order chi connectivity index (χ1) is 12.5. The van der Waals surface area contributed by atoms with Gasteiger partial charge in [0.15, 0.2) is 0 Å². The molecule has 1 aromatic heterocycles. The Kier molecular flexibility index (Phi) is 3.95. The number of halogens is 1. The smallest absolute Gasteiger partial charge is 0.407 e. The second-order valence-corrected chi connectivity index (χ2v) is 6.24. The van der Waals surface area contributed by atoms with E-state index in [2.05, 4.69) is 4.98 Å². The van der Waals surface area contributed by atoms with Gasteiger partial charge in [-0.1, -0.05) is 12.1 Å². The minimum absolute atomic E-state index is 0.170. The van der Waals surface area contributed by atoms with Crippen LogP contribution in [0.3, 0.4) is 0 Å². The van der Waals surface area contributed by atoms with Crippen molar-refractivity contribution >= 4 is 12.0 Å². The van der Waals surface area contributed by atoms with Crippen molar-refractivity contribution < 1.29 is 23.8 Å². The lowest BCUT2D eigenvalue weighted by atomic mass is 10.1. The molecule has 2 aliphatic rings. The third kappa shape index (κ3) is 2.73. The molecule has 1 fully saturated rings. The fraction of sp³-hybridized carbons (Fsp3) is 0.278. The molecular weight excluding hydrogens is 341 g/mol. The predicted molar refractivity (Wildman–Crippen MR) is 89.5 cm³/mol. The lowest BCUT2D eigenvalue weighted by Gasteiger charge is -2.38. The Bertz CT molecular complexity index is 888. The molecule has 1 aromatic carbocycles. The van der Waals surface area contributed by atoms with Gasteiger partial charge in [-0.05, 0) is 12.1 Å². The third-order valence-corrected chi connectivity index (χ3v) is 4.69. The molecule has 0 radical (unpaired) electrons. The number of aromatic nitrogens is 1. The van der Waals surface area contributed by atoms with E-state index in [1.165, 1.54) is 17.2 Å². The van der Waals surface area contributed by atoms with Crippen molar-refractivity contribution in [2.24, 2.45) is 0 Å². The Hall–Kier alpha value is -3.16. The molecule has 0 aliphatic carbocycles. The molecule has 134 valence electrons. The SMILES string of the molecule is O=C(O)N1CCN2C(=O)c3cnc(-c4ccccc4F)cc3OCC2C1. The van der Waals surface area contributed by atoms with Crippen molar-refractivity contribution in [3.63, 3.8) is 0 Å². The molecule has 1 atom stereocenters. The number of benzene rings is 1. The highest BCUT2D eigenvalue weighted by atomic mass is 19.1. The Morgan fingerprint density at radius 2 is 2.08 bits per heavy atom. The van der Waals surface area contributed by atoms with E-state index in [0.717, 1.165) is 0 Å². The van der Waals surface area contributed by atoms with Crippen LogP contribution in [0.5, 0.6) is 5.75 Å². The second kappa shape index (κ2) is 6.29. The molecule has 1 N–H and O–H groups in total. The Labute approximate surface area is 148 Å². The molecule has 0 saturated carbocycles. The van der Waals surface area contributed by atoms with Crippen LogP contribution in [0.15, 0.2) is 36.5 Å². The molecule has 2 amide bonds. The van der Waals surface area contributed by atoms with Crippen molar-refractivity contribution in [2.45, 2.75) is 6.04 Å². The van der Waals surface area contributed by atoms with Gasteiger partial charge in [0.2, 0.25) is 0 Å². The van der Waals surface area contributed by atoms with E-state index in [9.17, 15) is 14.0 Å². The first-order valence-electron chi connectivity index (χ1n) is 8.21. The lowest BCUT2D eigenvalue weighted by molar-refractivity contribution is 0.0390. The highest BCUT2D eigenvalue weighted by molar-refractivity contribution is 5.97. The molecule has 8 heteroatoms. The summed E-state index contributed by atoms with van der Waals surface area (Å²) in [6, 6.07) is 7.44. The summed E-state index contributed by atoms with van der Waals surface area (Å²) >= 11 is 0. The standard InChI is InChI=1S/C18H16FN3O4/c19-14-4-2-1-3-12(14)15-7-16-13(8-20-15)17(23)22-6-5-21(18(24)25)9-11(22)10-26-16/h1-4,7-8,11H,5-6,9-10H2,(H,24,25). The van der Waals surface area contributed by atoms with Crippen LogP contribution in [0.2, 0.25) is 0 Å². The zero-order valence-electron chi connectivity index (χ0n) is 13.8. The molecule has 0 spiro atoms. The first kappa shape index (κ1) is 16.3. The maximum atomic E-state index is 14.0. The van der Waals surface area contributed by atoms with E-state index < -0.39 is 11.9 Å². The molecule has 0 bridgehead atoms. The molecule has 2 aliphatic heterocycles. The number of nitrogens with zero attached hydrogens (tertiary/aromatic N) is 3. The molecule has 2 aromatic rings. The van der Waals surface area contributed by atoms with Gasteiger partial charge in [0.25, 0.3) is 5.91 Å². The molecule has 26 heavy (non-hydrogen) atoms. The zero-order valence-corrected chi connectivity index (χ0v) is 13.8. The van der Waals surface area contributed by atoms with Gasteiger partial charge in [-0.2, -0.15) is 0 Å². The Morgan fingerprint density at radius 3 is 2.85 bits per heavy atom. The number of carboxylic acid groups (broad SMARTS) is 1. The summed E-state index contributed by atoms with van der Waals surface area (Å²) in [6.45, 7) is 0.924. The molecule has 1 saturated heterocycles. The van der Waals surface area contributed by atoms with Gasteiger partial charge in [-0.25, -0.2) is 9.18 Å². The predicted octanol–water partition coefficient (Wildman–Crippen LogP) is 2.08. The molecule has 1 unspecified atom stereocenters. The van der Waals surface area contributed by atoms with Gasteiger partial charge in [0.1, 0.15) is 18.2 Å². The number of carbonyl (C=O) groups is 2. The molecule has 7 nitrogen and oxygen atoms in total. The largest absolute Gasteiger partial charge is 0.490 e. The zero-order chi connectivity index (χ0) is 18.3. The number of rotatable bonds is 1. The number of hydrogen-bond donors (Lipinski definition) is 1. The first-order valence-corrected chi connectivity index (χ1v) is 8.21. The van der Waals surface area contributed by atoms with Crippen LogP contribution in [0.4, 0.5) is 9.18 Å². The lowest BCUT2D eigenvalue weighted by Crippen LogP contribution is -2.57. The summed E-state index contributed by atoms with van der Waals surface area (Å²) in [5.41, 5.74) is 1.00. The fourth-order valence-corrected chi connectivity index (χ4v) is 3.31. The van der Waals surface area contributed by atoms with Gasteiger partial charge < -0.3 is 19.6 Å². The van der Waals surface area contributed by atoms with Crippen molar-refractivity contribution in [3.05, 3.63) is 47.9 Å². The van der Waals surface area contributed by atoms with Gasteiger partial charge in [0.05, 0.1) is 17.3 Å². The number of carbonyl (C=O) groups excluding carboxylic acids is 1. The van der Waals surface area contributed by atoms with Crippen molar-refractivity contribution in [3.8, 4) is 17.0 Å². The van der Waals surface area contributed by atoms with Crippen LogP contribution in [-0.2, 0) is 0 Å². The van der Waals surface area contributed by atoms with Crippen LogP contribution >= 0.6 is 0 Å². The second-order valence-electron chi connectivity index (χ2n) is 6.24.